The molecule has 0 aliphatic heterocycles. The summed E-state index contributed by atoms with van der Waals surface area (Å²) in [5.74, 6) is 0.406. The van der Waals surface area contributed by atoms with Gasteiger partial charge in [-0.3, -0.25) is 35.1 Å². The summed E-state index contributed by atoms with van der Waals surface area (Å²) in [5.41, 5.74) is -2.31. The first-order valence-corrected chi connectivity index (χ1v) is 7.90. The number of non-ortho nitro benzene ring substituents is 1. The van der Waals surface area contributed by atoms with E-state index in [-0.39, 0.29) is 5.78 Å². The number of nitro groups is 3. The van der Waals surface area contributed by atoms with E-state index in [1.807, 2.05) is 32.0 Å². The minimum absolute atomic E-state index is 0.0613. The van der Waals surface area contributed by atoms with Crippen molar-refractivity contribution >= 4 is 22.8 Å². The van der Waals surface area contributed by atoms with E-state index in [4.69, 9.17) is 9.52 Å². The first kappa shape index (κ1) is 23.2. The maximum atomic E-state index is 11.1. The summed E-state index contributed by atoms with van der Waals surface area (Å²) >= 11 is 0. The number of carbonyl (C=O) groups excluding carboxylic acids is 1. The van der Waals surface area contributed by atoms with E-state index in [2.05, 4.69) is 0 Å². The van der Waals surface area contributed by atoms with Gasteiger partial charge in [-0.05, 0) is 34.0 Å². The van der Waals surface area contributed by atoms with E-state index in [0.717, 1.165) is 12.3 Å². The lowest BCUT2D eigenvalue weighted by molar-refractivity contribution is -0.404. The van der Waals surface area contributed by atoms with E-state index in [9.17, 15) is 35.1 Å². The molecule has 0 unspecified atom stereocenters. The predicted molar refractivity (Wildman–Crippen MR) is 98.9 cm³/mol. The number of furan rings is 1. The molecule has 1 heterocycles. The van der Waals surface area contributed by atoms with Crippen LogP contribution in [0.25, 0.3) is 0 Å². The third-order valence-corrected chi connectivity index (χ3v) is 3.48. The molecule has 0 bridgehead atoms. The zero-order chi connectivity index (χ0) is 22.5. The number of Topliss-reactive ketones (excluding diaryl/α,β-unsaturated/α-hetero) is 1. The molecule has 13 nitrogen and oxygen atoms in total. The molecule has 29 heavy (non-hydrogen) atoms. The molecule has 0 aliphatic carbocycles. The van der Waals surface area contributed by atoms with Crippen molar-refractivity contribution in [1.82, 2.24) is 4.90 Å². The SMILES string of the molecule is CC(=O)c1cc(CN(C)C)oc1C.O=[N+]([O-])c1cc([N+](=O)[O-])c(O)c([N+](=O)[O-])c1. The van der Waals surface area contributed by atoms with Crippen LogP contribution in [0.1, 0.15) is 28.8 Å². The number of aryl methyl sites for hydroxylation is 1. The fourth-order valence-corrected chi connectivity index (χ4v) is 2.26. The molecule has 2 rings (SSSR count). The first-order valence-electron chi connectivity index (χ1n) is 7.90. The van der Waals surface area contributed by atoms with Gasteiger partial charge in [-0.25, -0.2) is 0 Å². The number of phenols is 1. The van der Waals surface area contributed by atoms with Crippen LogP contribution in [-0.4, -0.2) is 44.7 Å². The van der Waals surface area contributed by atoms with Crippen LogP contribution in [0.2, 0.25) is 0 Å². The minimum atomic E-state index is -1.21. The average molecular weight is 410 g/mol. The molecule has 0 saturated carbocycles. The van der Waals surface area contributed by atoms with Crippen LogP contribution in [-0.2, 0) is 6.54 Å². The third-order valence-electron chi connectivity index (χ3n) is 3.48. The molecule has 13 heteroatoms. The minimum Gasteiger partial charge on any atom is -0.497 e. The molecule has 0 radical (unpaired) electrons. The molecule has 1 aromatic carbocycles. The van der Waals surface area contributed by atoms with Gasteiger partial charge in [0.2, 0.25) is 0 Å². The maximum Gasteiger partial charge on any atom is 0.324 e. The molecule has 0 amide bonds. The summed E-state index contributed by atoms with van der Waals surface area (Å²) in [6, 6.07) is 2.71. The van der Waals surface area contributed by atoms with Crippen LogP contribution in [0, 0.1) is 37.3 Å². The van der Waals surface area contributed by atoms with Gasteiger partial charge in [-0.15, -0.1) is 0 Å². The Kier molecular flexibility index (Phi) is 7.48. The molecule has 0 aliphatic rings. The first-order chi connectivity index (χ1) is 13.3. The number of hydrogen-bond donors (Lipinski definition) is 1. The average Bonchev–Trinajstić information content (AvgIpc) is 2.94. The Labute approximate surface area is 163 Å². The number of phenolic OH excluding ortho intramolecular Hbond substituents is 1. The van der Waals surface area contributed by atoms with Crippen LogP contribution in [0.4, 0.5) is 17.1 Å². The van der Waals surface area contributed by atoms with Crippen LogP contribution in [0.5, 0.6) is 5.75 Å². The second kappa shape index (κ2) is 9.36. The number of hydrogen-bond acceptors (Lipinski definition) is 10. The molecule has 0 atom stereocenters. The number of carbonyl (C=O) groups is 1. The van der Waals surface area contributed by atoms with Crippen molar-refractivity contribution in [3.63, 3.8) is 0 Å². The van der Waals surface area contributed by atoms with E-state index in [1.165, 1.54) is 0 Å². The molecule has 0 fully saturated rings. The Bertz CT molecular complexity index is 930. The molecule has 156 valence electrons. The van der Waals surface area contributed by atoms with E-state index < -0.39 is 37.6 Å². The Morgan fingerprint density at radius 1 is 1.03 bits per heavy atom. The van der Waals surface area contributed by atoms with Gasteiger partial charge in [-0.1, -0.05) is 0 Å². The van der Waals surface area contributed by atoms with Gasteiger partial charge in [-0.2, -0.15) is 0 Å². The fourth-order valence-electron chi connectivity index (χ4n) is 2.26. The van der Waals surface area contributed by atoms with Gasteiger partial charge in [0, 0.05) is 0 Å². The molecular formula is C16H18N4O9. The fraction of sp³-hybridized carbons (Fsp3) is 0.312. The van der Waals surface area contributed by atoms with E-state index in [0.29, 0.717) is 23.5 Å². The van der Waals surface area contributed by atoms with Crippen molar-refractivity contribution in [2.75, 3.05) is 14.1 Å². The van der Waals surface area contributed by atoms with Crippen LogP contribution in [0.15, 0.2) is 22.6 Å². The monoisotopic (exact) mass is 410 g/mol. The lowest BCUT2D eigenvalue weighted by Gasteiger charge is -2.05. The van der Waals surface area contributed by atoms with E-state index in [1.54, 1.807) is 6.92 Å². The summed E-state index contributed by atoms with van der Waals surface area (Å²) in [5, 5.41) is 40.2. The van der Waals surface area contributed by atoms with Gasteiger partial charge in [0.15, 0.2) is 5.78 Å². The Morgan fingerprint density at radius 3 is 1.83 bits per heavy atom. The Hall–Kier alpha value is -3.87. The van der Waals surface area contributed by atoms with Gasteiger partial charge in [0.05, 0.1) is 39.0 Å². The van der Waals surface area contributed by atoms with Crippen molar-refractivity contribution in [3.05, 3.63) is 65.6 Å². The molecule has 1 N–H and O–H groups in total. The van der Waals surface area contributed by atoms with Crippen molar-refractivity contribution < 1.29 is 29.1 Å². The Balaban J connectivity index is 0.000000296. The quantitative estimate of drug-likeness (QED) is 0.422. The number of nitrogens with zero attached hydrogens (tertiary/aromatic N) is 4. The van der Waals surface area contributed by atoms with Crippen LogP contribution >= 0.6 is 0 Å². The second-order valence-corrected chi connectivity index (χ2v) is 6.08. The topological polar surface area (TPSA) is 183 Å². The maximum absolute atomic E-state index is 11.1. The standard InChI is InChI=1S/C10H15NO2.C6H3N3O7/c1-7(12)10-5-9(6-11(3)4)13-8(10)2;10-6-4(8(13)14)1-3(7(11)12)2-5(6)9(15)16/h5H,6H2,1-4H3;1-2,10H. The van der Waals surface area contributed by atoms with Crippen LogP contribution in [0.3, 0.4) is 0 Å². The molecule has 2 aromatic rings. The van der Waals surface area contributed by atoms with Gasteiger partial charge < -0.3 is 14.4 Å². The number of rotatable bonds is 6. The number of ketones is 1. The summed E-state index contributed by atoms with van der Waals surface area (Å²) in [7, 11) is 3.93. The normalized spacial score (nSPS) is 10.2. The molecule has 1 aromatic heterocycles. The van der Waals surface area contributed by atoms with Gasteiger partial charge >= 0.3 is 11.4 Å². The predicted octanol–water partition coefficient (Wildman–Crippen LogP) is 2.97. The van der Waals surface area contributed by atoms with Gasteiger partial charge in [0.25, 0.3) is 11.4 Å². The second-order valence-electron chi connectivity index (χ2n) is 6.08. The highest BCUT2D eigenvalue weighted by Crippen LogP contribution is 2.38. The zero-order valence-electron chi connectivity index (χ0n) is 15.9. The van der Waals surface area contributed by atoms with E-state index >= 15 is 0 Å². The summed E-state index contributed by atoms with van der Waals surface area (Å²) in [6.45, 7) is 4.10. The highest BCUT2D eigenvalue weighted by atomic mass is 16.6. The third kappa shape index (κ3) is 6.07. The van der Waals surface area contributed by atoms with Crippen molar-refractivity contribution in [1.29, 1.82) is 0 Å². The molecular weight excluding hydrogens is 392 g/mol. The molecule has 0 spiro atoms. The largest absolute Gasteiger partial charge is 0.497 e. The van der Waals surface area contributed by atoms with Crippen molar-refractivity contribution in [2.24, 2.45) is 0 Å². The van der Waals surface area contributed by atoms with Gasteiger partial charge in [0.1, 0.15) is 11.5 Å². The summed E-state index contributed by atoms with van der Waals surface area (Å²) in [4.78, 5) is 40.9. The lowest BCUT2D eigenvalue weighted by Crippen LogP contribution is -2.09. The van der Waals surface area contributed by atoms with Crippen molar-refractivity contribution in [2.45, 2.75) is 20.4 Å². The molecule has 0 saturated heterocycles. The number of aromatic hydroxyl groups is 1. The number of nitro benzene ring substituents is 3. The highest BCUT2D eigenvalue weighted by molar-refractivity contribution is 5.95. The lowest BCUT2D eigenvalue weighted by atomic mass is 10.2. The highest BCUT2D eigenvalue weighted by Gasteiger charge is 2.30. The summed E-state index contributed by atoms with van der Waals surface area (Å²) in [6.07, 6.45) is 0. The van der Waals surface area contributed by atoms with Crippen molar-refractivity contribution in [3.8, 4) is 5.75 Å². The van der Waals surface area contributed by atoms with Crippen LogP contribution < -0.4 is 0 Å². The smallest absolute Gasteiger partial charge is 0.324 e. The zero-order valence-corrected chi connectivity index (χ0v) is 15.9. The number of benzene rings is 1. The summed E-state index contributed by atoms with van der Waals surface area (Å²) < 4.78 is 5.42. The Morgan fingerprint density at radius 2 is 1.52 bits per heavy atom.